The Balaban J connectivity index is 0.000000845. The fraction of sp³-hybridized carbons (Fsp3) is 0.415. The molecule has 5 rings (SSSR count). The van der Waals surface area contributed by atoms with E-state index in [0.717, 1.165) is 16.7 Å². The number of aryl methyl sites for hydroxylation is 1. The fourth-order valence-corrected chi connectivity index (χ4v) is 6.33. The Bertz CT molecular complexity index is 1850. The number of carbonyl (C=O) groups excluding carboxylic acids is 1. The number of benzene rings is 3. The predicted molar refractivity (Wildman–Crippen MR) is 203 cm³/mol. The fourth-order valence-electron chi connectivity index (χ4n) is 6.33. The van der Waals surface area contributed by atoms with Crippen LogP contribution in [0.4, 0.5) is 0 Å². The molecule has 13 heteroatoms. The molecule has 4 aromatic rings. The summed E-state index contributed by atoms with van der Waals surface area (Å²) in [6.45, 7) is 11.6. The molecule has 0 spiro atoms. The molecular weight excluding hydrogens is 694 g/mol. The van der Waals surface area contributed by atoms with Crippen molar-refractivity contribution >= 4 is 11.9 Å². The van der Waals surface area contributed by atoms with E-state index in [9.17, 15) is 19.2 Å². The molecule has 2 heterocycles. The first kappa shape index (κ1) is 41.5. The number of nitrogens with zero attached hydrogens (tertiary/aromatic N) is 2. The summed E-state index contributed by atoms with van der Waals surface area (Å²) in [4.78, 5) is 53.3. The highest BCUT2D eigenvalue weighted by Crippen LogP contribution is 2.43. The van der Waals surface area contributed by atoms with E-state index >= 15 is 0 Å². The number of hydrogen-bond acceptors (Lipinski definition) is 10. The zero-order valence-electron chi connectivity index (χ0n) is 31.8. The lowest BCUT2D eigenvalue weighted by Gasteiger charge is -2.37. The Morgan fingerprint density at radius 1 is 0.852 bits per heavy atom. The average molecular weight is 746 g/mol. The highest BCUT2D eigenvalue weighted by atomic mass is 16.6. The van der Waals surface area contributed by atoms with Crippen LogP contribution in [0.1, 0.15) is 68.5 Å². The lowest BCUT2D eigenvalue weighted by Crippen LogP contribution is -2.39. The number of H-pyrrole nitrogens is 1. The van der Waals surface area contributed by atoms with Gasteiger partial charge in [0, 0.05) is 18.2 Å². The quantitative estimate of drug-likeness (QED) is 0.114. The van der Waals surface area contributed by atoms with Crippen LogP contribution in [-0.2, 0) is 29.4 Å². The van der Waals surface area contributed by atoms with Gasteiger partial charge in [-0.05, 0) is 67.5 Å². The van der Waals surface area contributed by atoms with Gasteiger partial charge in [0.1, 0.15) is 35.5 Å². The number of carboxylic acid groups (broad SMARTS) is 1. The highest BCUT2D eigenvalue weighted by Gasteiger charge is 2.44. The molecule has 0 radical (unpaired) electrons. The molecule has 13 nitrogen and oxygen atoms in total. The number of methoxy groups -OCH3 is 2. The number of aromatic nitrogens is 2. The zero-order chi connectivity index (χ0) is 39.3. The summed E-state index contributed by atoms with van der Waals surface area (Å²) in [5, 5.41) is 9.07. The summed E-state index contributed by atoms with van der Waals surface area (Å²) in [6.07, 6.45) is -1.98. The molecule has 0 saturated carbocycles. The van der Waals surface area contributed by atoms with Gasteiger partial charge in [-0.2, -0.15) is 0 Å². The summed E-state index contributed by atoms with van der Waals surface area (Å²) in [5.74, 6) is -0.551. The van der Waals surface area contributed by atoms with Crippen molar-refractivity contribution in [3.63, 3.8) is 0 Å². The van der Waals surface area contributed by atoms with Gasteiger partial charge in [0.25, 0.3) is 5.56 Å². The Hall–Kier alpha value is -5.24. The van der Waals surface area contributed by atoms with Crippen molar-refractivity contribution in [2.45, 2.75) is 71.0 Å². The summed E-state index contributed by atoms with van der Waals surface area (Å²) < 4.78 is 31.1. The Morgan fingerprint density at radius 3 is 1.87 bits per heavy atom. The van der Waals surface area contributed by atoms with Gasteiger partial charge < -0.3 is 33.7 Å². The molecule has 0 aliphatic carbocycles. The van der Waals surface area contributed by atoms with E-state index in [1.165, 1.54) is 30.4 Å². The van der Waals surface area contributed by atoms with E-state index in [4.69, 9.17) is 28.8 Å². The molecular formula is C41H51N3O10. The number of carboxylic acids is 1. The topological polar surface area (TPSA) is 159 Å². The lowest BCUT2D eigenvalue weighted by atomic mass is 9.80. The lowest BCUT2D eigenvalue weighted by molar-refractivity contribution is -0.157. The first-order valence-electron chi connectivity index (χ1n) is 18.1. The summed E-state index contributed by atoms with van der Waals surface area (Å²) >= 11 is 0. The van der Waals surface area contributed by atoms with Gasteiger partial charge >= 0.3 is 17.6 Å². The van der Waals surface area contributed by atoms with E-state index in [-0.39, 0.29) is 19.4 Å². The van der Waals surface area contributed by atoms with Crippen LogP contribution >= 0.6 is 0 Å². The molecule has 1 aromatic heterocycles. The van der Waals surface area contributed by atoms with Crippen molar-refractivity contribution in [1.29, 1.82) is 0 Å². The van der Waals surface area contributed by atoms with Crippen LogP contribution < -0.4 is 20.7 Å². The summed E-state index contributed by atoms with van der Waals surface area (Å²) in [6, 6.07) is 24.5. The predicted octanol–water partition coefficient (Wildman–Crippen LogP) is 5.28. The zero-order valence-corrected chi connectivity index (χ0v) is 31.8. The van der Waals surface area contributed by atoms with Gasteiger partial charge in [-0.25, -0.2) is 4.79 Å². The van der Waals surface area contributed by atoms with Crippen molar-refractivity contribution < 1.29 is 38.4 Å². The number of aromatic amines is 1. The Labute approximate surface area is 315 Å². The molecule has 54 heavy (non-hydrogen) atoms. The Morgan fingerprint density at radius 2 is 1.39 bits per heavy atom. The molecule has 2 N–H and O–H groups in total. The van der Waals surface area contributed by atoms with E-state index < -0.39 is 53.6 Å². The van der Waals surface area contributed by atoms with E-state index in [1.807, 2.05) is 78.9 Å². The summed E-state index contributed by atoms with van der Waals surface area (Å²) in [5.41, 5.74) is 0.228. The van der Waals surface area contributed by atoms with Crippen LogP contribution in [0.25, 0.3) is 0 Å². The van der Waals surface area contributed by atoms with Gasteiger partial charge in [0.2, 0.25) is 0 Å². The molecule has 1 aliphatic heterocycles. The van der Waals surface area contributed by atoms with Crippen molar-refractivity contribution in [2.24, 2.45) is 0 Å². The van der Waals surface area contributed by atoms with E-state index in [2.05, 4.69) is 30.7 Å². The third kappa shape index (κ3) is 10.2. The number of carbonyl (C=O) groups is 2. The summed E-state index contributed by atoms with van der Waals surface area (Å²) in [7, 11) is 3.17. The standard InChI is InChI=1S/C35H36N2O10.C6H15N/c1-22-20-37(34(42)36-33(22)41)30-19-28(47-32(40)18-17-31(38)39)29(46-30)21-45-35(23-7-5-4-6-8-23,24-9-13-26(43-2)14-10-24)25-11-15-27(44-3)16-12-25;1-4-7(5-2)6-3/h4-16,20,28-30H,17-19,21H2,1-3H3,(H,38,39)(H,36,41,42);4-6H2,1-3H3/t28-,29+,30+;/m0./s1. The van der Waals surface area contributed by atoms with E-state index in [0.29, 0.717) is 17.1 Å². The van der Waals surface area contributed by atoms with Crippen molar-refractivity contribution in [1.82, 2.24) is 14.5 Å². The van der Waals surface area contributed by atoms with Crippen LogP contribution in [0.2, 0.25) is 0 Å². The van der Waals surface area contributed by atoms with Gasteiger partial charge in [-0.15, -0.1) is 0 Å². The first-order chi connectivity index (χ1) is 26.0. The maximum Gasteiger partial charge on any atom is 0.330 e. The van der Waals surface area contributed by atoms with Crippen molar-refractivity contribution in [2.75, 3.05) is 40.5 Å². The number of aliphatic carboxylic acids is 1. The van der Waals surface area contributed by atoms with Crippen molar-refractivity contribution in [3.8, 4) is 11.5 Å². The van der Waals surface area contributed by atoms with Gasteiger partial charge in [-0.1, -0.05) is 75.4 Å². The number of esters is 1. The molecule has 0 bridgehead atoms. The molecule has 0 unspecified atom stereocenters. The molecule has 290 valence electrons. The SMILES string of the molecule is CCN(CC)CC.COc1ccc(C(OC[C@H]2O[C@@H](n3cc(C)c(=O)[nH]c3=O)C[C@@H]2OC(=O)CCC(=O)O)(c2ccccc2)c2ccc(OC)cc2)cc1. The number of rotatable bonds is 16. The second-order valence-electron chi connectivity index (χ2n) is 12.7. The second-order valence-corrected chi connectivity index (χ2v) is 12.7. The number of nitrogens with one attached hydrogen (secondary N) is 1. The highest BCUT2D eigenvalue weighted by molar-refractivity contribution is 5.76. The van der Waals surface area contributed by atoms with Crippen LogP contribution in [0, 0.1) is 6.92 Å². The largest absolute Gasteiger partial charge is 0.497 e. The third-order valence-corrected chi connectivity index (χ3v) is 9.44. The van der Waals surface area contributed by atoms with Gasteiger partial charge in [0.15, 0.2) is 0 Å². The molecule has 1 aliphatic rings. The molecule has 3 aromatic carbocycles. The molecule has 1 fully saturated rings. The first-order valence-corrected chi connectivity index (χ1v) is 18.1. The monoisotopic (exact) mass is 745 g/mol. The normalized spacial score (nSPS) is 16.7. The number of ether oxygens (including phenoxy) is 5. The van der Waals surface area contributed by atoms with Crippen LogP contribution in [-0.4, -0.2) is 84.2 Å². The van der Waals surface area contributed by atoms with Gasteiger partial charge in [0.05, 0.1) is 33.7 Å². The van der Waals surface area contributed by atoms with Gasteiger partial charge in [-0.3, -0.25) is 23.9 Å². The molecule has 3 atom stereocenters. The maximum atomic E-state index is 12.8. The maximum absolute atomic E-state index is 12.8. The average Bonchev–Trinajstić information content (AvgIpc) is 3.59. The second kappa shape index (κ2) is 19.7. The van der Waals surface area contributed by atoms with Crippen LogP contribution in [0.3, 0.4) is 0 Å². The minimum Gasteiger partial charge on any atom is -0.497 e. The van der Waals surface area contributed by atoms with Crippen molar-refractivity contribution in [3.05, 3.63) is 128 Å². The Kier molecular flexibility index (Phi) is 15.2. The van der Waals surface area contributed by atoms with Crippen LogP contribution in [0.15, 0.2) is 94.6 Å². The number of hydrogen-bond donors (Lipinski definition) is 2. The smallest absolute Gasteiger partial charge is 0.330 e. The van der Waals surface area contributed by atoms with E-state index in [1.54, 1.807) is 21.1 Å². The molecule has 1 saturated heterocycles. The minimum atomic E-state index is -1.20. The molecule has 0 amide bonds. The van der Waals surface area contributed by atoms with Crippen LogP contribution in [0.5, 0.6) is 11.5 Å². The third-order valence-electron chi connectivity index (χ3n) is 9.44. The minimum absolute atomic E-state index is 0.0572.